The van der Waals surface area contributed by atoms with Crippen molar-refractivity contribution in [1.29, 1.82) is 0 Å². The van der Waals surface area contributed by atoms with Gasteiger partial charge in [-0.05, 0) is 48.6 Å². The molecule has 1 N–H and O–H groups in total. The van der Waals surface area contributed by atoms with Gasteiger partial charge in [-0.2, -0.15) is 0 Å². The van der Waals surface area contributed by atoms with Crippen LogP contribution >= 0.6 is 0 Å². The highest BCUT2D eigenvalue weighted by Gasteiger charge is 2.22. The number of halogens is 1. The summed E-state index contributed by atoms with van der Waals surface area (Å²) in [6.07, 6.45) is 1.14. The van der Waals surface area contributed by atoms with Gasteiger partial charge in [-0.25, -0.2) is 4.39 Å². The second-order valence-electron chi connectivity index (χ2n) is 5.56. The van der Waals surface area contributed by atoms with Gasteiger partial charge < -0.3 is 9.84 Å². The Morgan fingerprint density at radius 1 is 1.26 bits per heavy atom. The van der Waals surface area contributed by atoms with Crippen LogP contribution in [0.1, 0.15) is 36.0 Å². The molecule has 0 bridgehead atoms. The summed E-state index contributed by atoms with van der Waals surface area (Å²) in [7, 11) is 0. The summed E-state index contributed by atoms with van der Waals surface area (Å²) >= 11 is 0. The average Bonchev–Trinajstić information content (AvgIpc) is 2.54. The molecule has 3 nitrogen and oxygen atoms in total. The van der Waals surface area contributed by atoms with Crippen molar-refractivity contribution in [2.45, 2.75) is 32.6 Å². The van der Waals surface area contributed by atoms with Crippen LogP contribution in [0.4, 0.5) is 4.39 Å². The van der Waals surface area contributed by atoms with Gasteiger partial charge in [0.05, 0.1) is 12.5 Å². The molecule has 23 heavy (non-hydrogen) atoms. The maximum atomic E-state index is 13.8. The second-order valence-corrected chi connectivity index (χ2v) is 5.56. The molecule has 2 aromatic carbocycles. The molecule has 0 aliphatic heterocycles. The fraction of sp³-hybridized carbons (Fsp3) is 0.316. The Labute approximate surface area is 135 Å². The molecule has 0 saturated carbocycles. The van der Waals surface area contributed by atoms with E-state index >= 15 is 0 Å². The zero-order valence-electron chi connectivity index (χ0n) is 13.4. The van der Waals surface area contributed by atoms with Crippen molar-refractivity contribution in [3.8, 4) is 5.75 Å². The monoisotopic (exact) mass is 316 g/mol. The zero-order chi connectivity index (χ0) is 16.8. The van der Waals surface area contributed by atoms with E-state index in [0.29, 0.717) is 23.5 Å². The van der Waals surface area contributed by atoms with E-state index < -0.39 is 11.9 Å². The third-order valence-electron chi connectivity index (χ3n) is 3.75. The van der Waals surface area contributed by atoms with Gasteiger partial charge in [0, 0.05) is 0 Å². The highest BCUT2D eigenvalue weighted by atomic mass is 19.1. The second kappa shape index (κ2) is 7.77. The lowest BCUT2D eigenvalue weighted by Crippen LogP contribution is -2.15. The van der Waals surface area contributed by atoms with Crippen LogP contribution < -0.4 is 4.74 Å². The molecule has 0 aliphatic carbocycles. The van der Waals surface area contributed by atoms with E-state index in [1.165, 1.54) is 6.07 Å². The predicted octanol–water partition coefficient (Wildman–Crippen LogP) is 4.33. The number of carbonyl (C=O) groups is 1. The molecular formula is C19H21FO3. The maximum absolute atomic E-state index is 13.8. The van der Waals surface area contributed by atoms with Gasteiger partial charge in [0.15, 0.2) is 0 Å². The van der Waals surface area contributed by atoms with E-state index in [0.717, 1.165) is 12.0 Å². The van der Waals surface area contributed by atoms with Gasteiger partial charge in [-0.3, -0.25) is 4.79 Å². The lowest BCUT2D eigenvalue weighted by atomic mass is 9.91. The van der Waals surface area contributed by atoms with Crippen LogP contribution in [0.5, 0.6) is 5.75 Å². The molecule has 0 fully saturated rings. The van der Waals surface area contributed by atoms with Crippen LogP contribution in [0.15, 0.2) is 42.5 Å². The molecule has 122 valence electrons. The first-order valence-electron chi connectivity index (χ1n) is 7.72. The Morgan fingerprint density at radius 3 is 2.65 bits per heavy atom. The smallest absolute Gasteiger partial charge is 0.311 e. The fourth-order valence-corrected chi connectivity index (χ4v) is 2.42. The Balaban J connectivity index is 2.30. The van der Waals surface area contributed by atoms with Crippen molar-refractivity contribution in [2.75, 3.05) is 6.61 Å². The van der Waals surface area contributed by atoms with Gasteiger partial charge in [0.25, 0.3) is 0 Å². The van der Waals surface area contributed by atoms with Crippen LogP contribution in [0.25, 0.3) is 0 Å². The molecule has 2 rings (SSSR count). The van der Waals surface area contributed by atoms with Crippen LogP contribution in [0, 0.1) is 12.7 Å². The molecule has 0 heterocycles. The van der Waals surface area contributed by atoms with Crippen molar-refractivity contribution in [3.63, 3.8) is 0 Å². The third kappa shape index (κ3) is 4.31. The number of hydrogen-bond donors (Lipinski definition) is 1. The Morgan fingerprint density at radius 2 is 2.00 bits per heavy atom. The van der Waals surface area contributed by atoms with E-state index in [1.54, 1.807) is 19.1 Å². The summed E-state index contributed by atoms with van der Waals surface area (Å²) in [5, 5.41) is 9.55. The summed E-state index contributed by atoms with van der Waals surface area (Å²) in [4.78, 5) is 11.7. The summed E-state index contributed by atoms with van der Waals surface area (Å²) in [5.41, 5.74) is 1.78. The molecular weight excluding hydrogens is 295 g/mol. The van der Waals surface area contributed by atoms with E-state index in [4.69, 9.17) is 4.74 Å². The number of carboxylic acids is 1. The molecule has 0 aliphatic rings. The molecule has 1 atom stereocenters. The van der Waals surface area contributed by atoms with Crippen LogP contribution in [0.2, 0.25) is 0 Å². The lowest BCUT2D eigenvalue weighted by molar-refractivity contribution is -0.138. The van der Waals surface area contributed by atoms with Gasteiger partial charge in [-0.15, -0.1) is 0 Å². The van der Waals surface area contributed by atoms with E-state index in [1.807, 2.05) is 31.2 Å². The summed E-state index contributed by atoms with van der Waals surface area (Å²) in [6.45, 7) is 4.24. The Hall–Kier alpha value is -2.36. The fourth-order valence-electron chi connectivity index (χ4n) is 2.42. The highest BCUT2D eigenvalue weighted by Crippen LogP contribution is 2.28. The summed E-state index contributed by atoms with van der Waals surface area (Å²) in [6, 6.07) is 12.0. The maximum Gasteiger partial charge on any atom is 0.311 e. The normalized spacial score (nSPS) is 12.0. The van der Waals surface area contributed by atoms with Crippen molar-refractivity contribution in [3.05, 3.63) is 65.0 Å². The summed E-state index contributed by atoms with van der Waals surface area (Å²) < 4.78 is 19.4. The van der Waals surface area contributed by atoms with E-state index in [2.05, 4.69) is 0 Å². The number of hydrogen-bond acceptors (Lipinski definition) is 2. The van der Waals surface area contributed by atoms with Crippen LogP contribution in [0.3, 0.4) is 0 Å². The molecule has 0 spiro atoms. The molecule has 4 heteroatoms. The minimum Gasteiger partial charge on any atom is -0.493 e. The molecule has 0 saturated heterocycles. The van der Waals surface area contributed by atoms with E-state index in [-0.39, 0.29) is 12.2 Å². The first-order valence-corrected chi connectivity index (χ1v) is 7.72. The number of para-hydroxylation sites is 1. The lowest BCUT2D eigenvalue weighted by Gasteiger charge is -2.16. The number of rotatable bonds is 7. The largest absolute Gasteiger partial charge is 0.493 e. The number of benzene rings is 2. The van der Waals surface area contributed by atoms with Crippen molar-refractivity contribution < 1.29 is 19.0 Å². The number of carboxylic acid groups (broad SMARTS) is 1. The predicted molar refractivity (Wildman–Crippen MR) is 87.4 cm³/mol. The van der Waals surface area contributed by atoms with Crippen LogP contribution in [-0.4, -0.2) is 17.7 Å². The minimum absolute atomic E-state index is 0.262. The third-order valence-corrected chi connectivity index (χ3v) is 3.75. The highest BCUT2D eigenvalue weighted by molar-refractivity contribution is 5.76. The SMILES string of the molecule is CCCOc1ccccc1CC(C(=O)O)c1ccc(C)c(F)c1. The van der Waals surface area contributed by atoms with Gasteiger partial charge in [0.1, 0.15) is 11.6 Å². The number of aliphatic carboxylic acids is 1. The number of ether oxygens (including phenoxy) is 1. The quantitative estimate of drug-likeness (QED) is 0.827. The summed E-state index contributed by atoms with van der Waals surface area (Å²) in [5.74, 6) is -1.48. The van der Waals surface area contributed by atoms with Crippen LogP contribution in [-0.2, 0) is 11.2 Å². The molecule has 2 aromatic rings. The Bertz CT molecular complexity index is 682. The van der Waals surface area contributed by atoms with Gasteiger partial charge >= 0.3 is 5.97 Å². The van der Waals surface area contributed by atoms with Gasteiger partial charge in [0.2, 0.25) is 0 Å². The van der Waals surface area contributed by atoms with Crippen molar-refractivity contribution >= 4 is 5.97 Å². The average molecular weight is 316 g/mol. The molecule has 0 amide bonds. The molecule has 0 aromatic heterocycles. The topological polar surface area (TPSA) is 46.5 Å². The first kappa shape index (κ1) is 17.0. The van der Waals surface area contributed by atoms with E-state index in [9.17, 15) is 14.3 Å². The minimum atomic E-state index is -0.974. The van der Waals surface area contributed by atoms with Gasteiger partial charge in [-0.1, -0.05) is 37.3 Å². The standard InChI is InChI=1S/C19H21FO3/c1-3-10-23-18-7-5-4-6-15(18)11-16(19(21)22)14-9-8-13(2)17(20)12-14/h4-9,12,16H,3,10-11H2,1-2H3,(H,21,22). The molecule has 0 radical (unpaired) electrons. The van der Waals surface area contributed by atoms with Crippen molar-refractivity contribution in [1.82, 2.24) is 0 Å². The Kier molecular flexibility index (Phi) is 5.74. The first-order chi connectivity index (χ1) is 11.0. The zero-order valence-corrected chi connectivity index (χ0v) is 13.4. The van der Waals surface area contributed by atoms with Crippen molar-refractivity contribution in [2.24, 2.45) is 0 Å². The number of aryl methyl sites for hydroxylation is 1. The molecule has 1 unspecified atom stereocenters.